The number of carbonyl (C=O) groups excluding carboxylic acids is 2. The van der Waals surface area contributed by atoms with Crippen LogP contribution in [0.4, 0.5) is 5.69 Å². The Morgan fingerprint density at radius 2 is 1.84 bits per heavy atom. The van der Waals surface area contributed by atoms with E-state index in [1.807, 2.05) is 0 Å². The largest absolute Gasteiger partial charge is 0.462 e. The van der Waals surface area contributed by atoms with Crippen LogP contribution >= 0.6 is 11.3 Å². The molecular weight excluding hydrogens is 364 g/mol. The van der Waals surface area contributed by atoms with E-state index in [-0.39, 0.29) is 16.4 Å². The lowest BCUT2D eigenvalue weighted by Crippen LogP contribution is -2.21. The molecule has 0 radical (unpaired) electrons. The third kappa shape index (κ3) is 4.44. The van der Waals surface area contributed by atoms with Gasteiger partial charge in [-0.3, -0.25) is 4.79 Å². The lowest BCUT2D eigenvalue weighted by molar-refractivity contribution is 0.0526. The summed E-state index contributed by atoms with van der Waals surface area (Å²) in [5.74, 6) is -0.855. The molecule has 1 N–H and O–H groups in total. The molecule has 0 bridgehead atoms. The number of amides is 1. The third-order valence-corrected chi connectivity index (χ3v) is 6.10. The number of hydrogen-bond donors (Lipinski definition) is 1. The summed E-state index contributed by atoms with van der Waals surface area (Å²) in [4.78, 5) is 24.2. The minimum atomic E-state index is -3.57. The Labute approximate surface area is 150 Å². The zero-order valence-corrected chi connectivity index (χ0v) is 15.6. The van der Waals surface area contributed by atoms with Gasteiger partial charge in [-0.25, -0.2) is 17.5 Å². The van der Waals surface area contributed by atoms with Gasteiger partial charge in [-0.1, -0.05) is 0 Å². The van der Waals surface area contributed by atoms with Crippen molar-refractivity contribution in [2.75, 3.05) is 26.0 Å². The van der Waals surface area contributed by atoms with E-state index in [9.17, 15) is 18.0 Å². The number of sulfonamides is 1. The highest BCUT2D eigenvalue weighted by molar-refractivity contribution is 7.89. The molecule has 7 nitrogen and oxygen atoms in total. The summed E-state index contributed by atoms with van der Waals surface area (Å²) in [7, 11) is -0.714. The van der Waals surface area contributed by atoms with E-state index >= 15 is 0 Å². The second kappa shape index (κ2) is 7.77. The number of ether oxygens (including phenoxy) is 1. The molecule has 1 amide bonds. The van der Waals surface area contributed by atoms with Gasteiger partial charge < -0.3 is 10.1 Å². The van der Waals surface area contributed by atoms with E-state index in [1.54, 1.807) is 31.2 Å². The number of carbonyl (C=O) groups is 2. The Balaban J connectivity index is 2.10. The molecular formula is C16H18N2O5S2. The molecule has 0 aliphatic rings. The van der Waals surface area contributed by atoms with Gasteiger partial charge in [0.25, 0.3) is 5.91 Å². The molecule has 0 spiro atoms. The summed E-state index contributed by atoms with van der Waals surface area (Å²) < 4.78 is 30.1. The summed E-state index contributed by atoms with van der Waals surface area (Å²) in [6.45, 7) is 2.01. The molecule has 25 heavy (non-hydrogen) atoms. The first-order chi connectivity index (χ1) is 11.8. The van der Waals surface area contributed by atoms with E-state index < -0.39 is 21.9 Å². The number of benzene rings is 1. The van der Waals surface area contributed by atoms with Gasteiger partial charge >= 0.3 is 5.97 Å². The Kier molecular flexibility index (Phi) is 5.93. The highest BCUT2D eigenvalue weighted by Crippen LogP contribution is 2.22. The van der Waals surface area contributed by atoms with Crippen molar-refractivity contribution in [2.24, 2.45) is 0 Å². The Bertz CT molecular complexity index is 870. The summed E-state index contributed by atoms with van der Waals surface area (Å²) in [6, 6.07) is 7.58. The number of nitrogens with zero attached hydrogens (tertiary/aromatic N) is 1. The summed E-state index contributed by atoms with van der Waals surface area (Å²) >= 11 is 1.04. The highest BCUT2D eigenvalue weighted by atomic mass is 32.2. The van der Waals surface area contributed by atoms with Crippen LogP contribution in [0.1, 0.15) is 27.0 Å². The number of rotatable bonds is 6. The number of thiophene rings is 1. The van der Waals surface area contributed by atoms with Crippen LogP contribution in [0.3, 0.4) is 0 Å². The molecule has 1 heterocycles. The molecule has 0 saturated heterocycles. The zero-order chi connectivity index (χ0) is 18.6. The molecule has 0 unspecified atom stereocenters. The summed E-state index contributed by atoms with van der Waals surface area (Å²) in [6.07, 6.45) is 0. The highest BCUT2D eigenvalue weighted by Gasteiger charge is 2.21. The molecule has 2 rings (SSSR count). The SMILES string of the molecule is CCOC(=O)c1ccc(NC(=O)c2cc(S(=O)(=O)N(C)C)cs2)cc1. The van der Waals surface area contributed by atoms with Crippen LogP contribution in [-0.2, 0) is 14.8 Å². The number of esters is 1. The van der Waals surface area contributed by atoms with Gasteiger partial charge in [-0.2, -0.15) is 0 Å². The quantitative estimate of drug-likeness (QED) is 0.775. The molecule has 0 atom stereocenters. The average Bonchev–Trinajstić information content (AvgIpc) is 3.06. The molecule has 0 saturated carbocycles. The number of nitrogens with one attached hydrogen (secondary N) is 1. The second-order valence-electron chi connectivity index (χ2n) is 5.19. The standard InChI is InChI=1S/C16H18N2O5S2/c1-4-23-16(20)11-5-7-12(8-6-11)17-15(19)14-9-13(10-24-14)25(21,22)18(2)3/h5-10H,4H2,1-3H3,(H,17,19). The zero-order valence-electron chi connectivity index (χ0n) is 14.0. The monoisotopic (exact) mass is 382 g/mol. The third-order valence-electron chi connectivity index (χ3n) is 3.23. The molecule has 1 aromatic heterocycles. The van der Waals surface area contributed by atoms with Gasteiger partial charge in [0.05, 0.1) is 21.9 Å². The van der Waals surface area contributed by atoms with Crippen molar-refractivity contribution in [1.82, 2.24) is 4.31 Å². The van der Waals surface area contributed by atoms with Crippen LogP contribution in [0.15, 0.2) is 40.6 Å². The fourth-order valence-electron chi connectivity index (χ4n) is 1.88. The van der Waals surface area contributed by atoms with Crippen LogP contribution in [0.5, 0.6) is 0 Å². The first kappa shape index (κ1) is 19.1. The van der Waals surface area contributed by atoms with E-state index in [2.05, 4.69) is 5.32 Å². The first-order valence-corrected chi connectivity index (χ1v) is 9.67. The normalized spacial score (nSPS) is 11.4. The van der Waals surface area contributed by atoms with Crippen LogP contribution in [0, 0.1) is 0 Å². The first-order valence-electron chi connectivity index (χ1n) is 7.35. The van der Waals surface area contributed by atoms with Gasteiger partial charge in [-0.05, 0) is 37.3 Å². The van der Waals surface area contributed by atoms with Crippen molar-refractivity contribution in [2.45, 2.75) is 11.8 Å². The average molecular weight is 382 g/mol. The predicted octanol–water partition coefficient (Wildman–Crippen LogP) is 2.43. The second-order valence-corrected chi connectivity index (χ2v) is 8.25. The van der Waals surface area contributed by atoms with Crippen LogP contribution in [0.25, 0.3) is 0 Å². The van der Waals surface area contributed by atoms with Gasteiger partial charge in [-0.15, -0.1) is 11.3 Å². The minimum absolute atomic E-state index is 0.0744. The molecule has 0 fully saturated rings. The molecule has 1 aromatic carbocycles. The fourth-order valence-corrected chi connectivity index (χ4v) is 3.94. The van der Waals surface area contributed by atoms with Crippen molar-refractivity contribution in [3.63, 3.8) is 0 Å². The van der Waals surface area contributed by atoms with Gasteiger partial charge in [0.2, 0.25) is 10.0 Å². The number of anilines is 1. The van der Waals surface area contributed by atoms with Crippen molar-refractivity contribution < 1.29 is 22.7 Å². The molecule has 0 aliphatic carbocycles. The maximum Gasteiger partial charge on any atom is 0.338 e. The molecule has 134 valence electrons. The van der Waals surface area contributed by atoms with Crippen LogP contribution in [-0.4, -0.2) is 45.3 Å². The summed E-state index contributed by atoms with van der Waals surface area (Å²) in [5.41, 5.74) is 0.874. The van der Waals surface area contributed by atoms with Crippen molar-refractivity contribution in [1.29, 1.82) is 0 Å². The molecule has 2 aromatic rings. The Morgan fingerprint density at radius 1 is 1.20 bits per heavy atom. The van der Waals surface area contributed by atoms with Gasteiger partial charge in [0.15, 0.2) is 0 Å². The van der Waals surface area contributed by atoms with Crippen LogP contribution in [0.2, 0.25) is 0 Å². The maximum absolute atomic E-state index is 12.2. The van der Waals surface area contributed by atoms with E-state index in [1.165, 1.54) is 25.5 Å². The summed E-state index contributed by atoms with van der Waals surface area (Å²) in [5, 5.41) is 4.09. The molecule has 0 aliphatic heterocycles. The smallest absolute Gasteiger partial charge is 0.338 e. The Hall–Kier alpha value is -2.23. The lowest BCUT2D eigenvalue weighted by atomic mass is 10.2. The number of hydrogen-bond acceptors (Lipinski definition) is 6. The predicted molar refractivity (Wildman–Crippen MR) is 95.5 cm³/mol. The minimum Gasteiger partial charge on any atom is -0.462 e. The lowest BCUT2D eigenvalue weighted by Gasteiger charge is -2.08. The maximum atomic E-state index is 12.2. The van der Waals surface area contributed by atoms with Gasteiger partial charge in [0, 0.05) is 25.2 Å². The van der Waals surface area contributed by atoms with E-state index in [4.69, 9.17) is 4.74 Å². The van der Waals surface area contributed by atoms with E-state index in [0.29, 0.717) is 11.3 Å². The van der Waals surface area contributed by atoms with Crippen molar-refractivity contribution >= 4 is 38.9 Å². The molecule has 9 heteroatoms. The Morgan fingerprint density at radius 3 is 2.40 bits per heavy atom. The van der Waals surface area contributed by atoms with Crippen molar-refractivity contribution in [3.8, 4) is 0 Å². The topological polar surface area (TPSA) is 92.8 Å². The van der Waals surface area contributed by atoms with Crippen LogP contribution < -0.4 is 5.32 Å². The van der Waals surface area contributed by atoms with Gasteiger partial charge in [0.1, 0.15) is 0 Å². The van der Waals surface area contributed by atoms with E-state index in [0.717, 1.165) is 15.6 Å². The van der Waals surface area contributed by atoms with Crippen molar-refractivity contribution in [3.05, 3.63) is 46.2 Å². The fraction of sp³-hybridized carbons (Fsp3) is 0.250.